The molecule has 6 heteroatoms. The van der Waals surface area contributed by atoms with Gasteiger partial charge in [0, 0.05) is 31.3 Å². The Bertz CT molecular complexity index is 379. The van der Waals surface area contributed by atoms with Crippen LogP contribution in [-0.2, 0) is 11.8 Å². The van der Waals surface area contributed by atoms with E-state index in [1.165, 1.54) is 0 Å². The Labute approximate surface area is 107 Å². The summed E-state index contributed by atoms with van der Waals surface area (Å²) in [6.45, 7) is 0. The fourth-order valence-electron chi connectivity index (χ4n) is 2.18. The quantitative estimate of drug-likeness (QED) is 0.840. The first kappa shape index (κ1) is 14.0. The first-order valence-corrected chi connectivity index (χ1v) is 5.71. The number of amides is 1. The lowest BCUT2D eigenvalue weighted by Gasteiger charge is -2.25. The molecule has 0 saturated heterocycles. The van der Waals surface area contributed by atoms with Crippen LogP contribution in [-0.4, -0.2) is 21.7 Å². The third-order valence-electron chi connectivity index (χ3n) is 3.05. The van der Waals surface area contributed by atoms with E-state index in [2.05, 4.69) is 10.4 Å². The highest BCUT2D eigenvalue weighted by Gasteiger charge is 2.25. The van der Waals surface area contributed by atoms with E-state index in [-0.39, 0.29) is 30.3 Å². The molecule has 0 spiro atoms. The minimum Gasteiger partial charge on any atom is -0.328 e. The zero-order valence-corrected chi connectivity index (χ0v) is 10.7. The van der Waals surface area contributed by atoms with Gasteiger partial charge < -0.3 is 11.1 Å². The monoisotopic (exact) mass is 258 g/mol. The van der Waals surface area contributed by atoms with Gasteiger partial charge in [-0.3, -0.25) is 9.48 Å². The second-order valence-corrected chi connectivity index (χ2v) is 4.49. The van der Waals surface area contributed by atoms with Gasteiger partial charge >= 0.3 is 0 Å². The van der Waals surface area contributed by atoms with Gasteiger partial charge in [-0.1, -0.05) is 6.42 Å². The number of nitrogens with two attached hydrogens (primary N) is 1. The Morgan fingerprint density at radius 1 is 1.59 bits per heavy atom. The van der Waals surface area contributed by atoms with Gasteiger partial charge in [0.05, 0.1) is 0 Å². The summed E-state index contributed by atoms with van der Waals surface area (Å²) in [6, 6.07) is 1.97. The van der Waals surface area contributed by atoms with E-state index >= 15 is 0 Å². The summed E-state index contributed by atoms with van der Waals surface area (Å²) < 4.78 is 1.67. The lowest BCUT2D eigenvalue weighted by Crippen LogP contribution is -2.34. The average Bonchev–Trinajstić information content (AvgIpc) is 2.64. The maximum atomic E-state index is 11.9. The minimum absolute atomic E-state index is 0. The van der Waals surface area contributed by atoms with Crippen LogP contribution in [0.1, 0.15) is 25.7 Å². The van der Waals surface area contributed by atoms with Gasteiger partial charge in [-0.15, -0.1) is 12.4 Å². The summed E-state index contributed by atoms with van der Waals surface area (Å²) in [5.74, 6) is 0.714. The van der Waals surface area contributed by atoms with Crippen molar-refractivity contribution in [3.8, 4) is 0 Å². The molecule has 0 aliphatic heterocycles. The molecule has 17 heavy (non-hydrogen) atoms. The van der Waals surface area contributed by atoms with Crippen molar-refractivity contribution >= 4 is 24.1 Å². The lowest BCUT2D eigenvalue weighted by molar-refractivity contribution is -0.120. The molecule has 0 bridgehead atoms. The molecule has 2 unspecified atom stereocenters. The first-order chi connectivity index (χ1) is 7.65. The predicted molar refractivity (Wildman–Crippen MR) is 69.0 cm³/mol. The molecule has 1 aliphatic carbocycles. The summed E-state index contributed by atoms with van der Waals surface area (Å²) >= 11 is 0. The summed E-state index contributed by atoms with van der Waals surface area (Å²) in [7, 11) is 1.83. The number of anilines is 1. The zero-order valence-electron chi connectivity index (χ0n) is 9.93. The fourth-order valence-corrected chi connectivity index (χ4v) is 2.18. The van der Waals surface area contributed by atoms with Gasteiger partial charge in [0.2, 0.25) is 5.91 Å². The number of hydrogen-bond donors (Lipinski definition) is 2. The van der Waals surface area contributed by atoms with Crippen LogP contribution in [0.4, 0.5) is 5.82 Å². The molecule has 1 aliphatic rings. The average molecular weight is 259 g/mol. The van der Waals surface area contributed by atoms with Crippen LogP contribution in [0.3, 0.4) is 0 Å². The molecular weight excluding hydrogens is 240 g/mol. The maximum absolute atomic E-state index is 11.9. The normalized spacial score (nSPS) is 23.9. The van der Waals surface area contributed by atoms with Gasteiger partial charge in [-0.05, 0) is 19.3 Å². The van der Waals surface area contributed by atoms with E-state index in [1.807, 2.05) is 13.2 Å². The number of carbonyl (C=O) groups excluding carboxylic acids is 1. The van der Waals surface area contributed by atoms with E-state index in [4.69, 9.17) is 5.73 Å². The van der Waals surface area contributed by atoms with Gasteiger partial charge in [0.1, 0.15) is 0 Å². The number of carbonyl (C=O) groups is 1. The van der Waals surface area contributed by atoms with E-state index < -0.39 is 0 Å². The molecule has 96 valence electrons. The smallest absolute Gasteiger partial charge is 0.228 e. The van der Waals surface area contributed by atoms with Crippen LogP contribution in [0, 0.1) is 5.92 Å². The summed E-state index contributed by atoms with van der Waals surface area (Å²) in [5.41, 5.74) is 5.86. The van der Waals surface area contributed by atoms with Crippen molar-refractivity contribution in [2.75, 3.05) is 5.32 Å². The molecule has 1 heterocycles. The van der Waals surface area contributed by atoms with E-state index in [0.29, 0.717) is 5.82 Å². The van der Waals surface area contributed by atoms with Crippen molar-refractivity contribution in [1.82, 2.24) is 9.78 Å². The van der Waals surface area contributed by atoms with Crippen molar-refractivity contribution in [2.45, 2.75) is 31.7 Å². The van der Waals surface area contributed by atoms with E-state index in [1.54, 1.807) is 10.7 Å². The second-order valence-electron chi connectivity index (χ2n) is 4.49. The standard InChI is InChI=1S/C11H18N4O.ClH/c1-15-6-5-10(14-15)13-11(16)8-3-2-4-9(12)7-8;/h5-6,8-9H,2-4,7,12H2,1H3,(H,13,14,16);1H. The molecule has 0 aromatic carbocycles. The highest BCUT2D eigenvalue weighted by Crippen LogP contribution is 2.24. The Morgan fingerprint density at radius 2 is 2.35 bits per heavy atom. The molecule has 1 aromatic heterocycles. The first-order valence-electron chi connectivity index (χ1n) is 5.71. The summed E-state index contributed by atoms with van der Waals surface area (Å²) in [6.07, 6.45) is 5.61. The van der Waals surface area contributed by atoms with Crippen molar-refractivity contribution in [1.29, 1.82) is 0 Å². The Kier molecular flexibility index (Phi) is 4.96. The molecule has 1 saturated carbocycles. The van der Waals surface area contributed by atoms with Crippen LogP contribution in [0.15, 0.2) is 12.3 Å². The van der Waals surface area contributed by atoms with Gasteiger partial charge in [-0.25, -0.2) is 0 Å². The SMILES string of the molecule is Cl.Cn1ccc(NC(=O)C2CCCC(N)C2)n1. The third kappa shape index (κ3) is 3.71. The minimum atomic E-state index is 0. The largest absolute Gasteiger partial charge is 0.328 e. The van der Waals surface area contributed by atoms with Crippen molar-refractivity contribution in [3.63, 3.8) is 0 Å². The number of nitrogens with zero attached hydrogens (tertiary/aromatic N) is 2. The number of aryl methyl sites for hydroxylation is 1. The van der Waals surface area contributed by atoms with Crippen LogP contribution >= 0.6 is 12.4 Å². The summed E-state index contributed by atoms with van der Waals surface area (Å²) in [4.78, 5) is 11.9. The topological polar surface area (TPSA) is 72.9 Å². The van der Waals surface area contributed by atoms with E-state index in [0.717, 1.165) is 25.7 Å². The fraction of sp³-hybridized carbons (Fsp3) is 0.636. The Morgan fingerprint density at radius 3 is 2.94 bits per heavy atom. The predicted octanol–water partition coefficient (Wildman–Crippen LogP) is 1.30. The maximum Gasteiger partial charge on any atom is 0.228 e. The van der Waals surface area contributed by atoms with Crippen LogP contribution in [0.2, 0.25) is 0 Å². The molecular formula is C11H19ClN4O. The molecule has 1 amide bonds. The van der Waals surface area contributed by atoms with Gasteiger partial charge in [0.15, 0.2) is 5.82 Å². The van der Waals surface area contributed by atoms with Gasteiger partial charge in [-0.2, -0.15) is 5.10 Å². The number of nitrogens with one attached hydrogen (secondary N) is 1. The van der Waals surface area contributed by atoms with Gasteiger partial charge in [0.25, 0.3) is 0 Å². The van der Waals surface area contributed by atoms with E-state index in [9.17, 15) is 4.79 Å². The molecule has 2 atom stereocenters. The van der Waals surface area contributed by atoms with Crippen LogP contribution in [0.5, 0.6) is 0 Å². The Balaban J connectivity index is 0.00000144. The molecule has 0 radical (unpaired) electrons. The third-order valence-corrected chi connectivity index (χ3v) is 3.05. The second kappa shape index (κ2) is 6.02. The molecule has 1 aromatic rings. The molecule has 1 fully saturated rings. The van der Waals surface area contributed by atoms with Crippen LogP contribution < -0.4 is 11.1 Å². The lowest BCUT2D eigenvalue weighted by atomic mass is 9.85. The number of aromatic nitrogens is 2. The van der Waals surface area contributed by atoms with Crippen molar-refractivity contribution in [3.05, 3.63) is 12.3 Å². The number of rotatable bonds is 2. The van der Waals surface area contributed by atoms with Crippen molar-refractivity contribution in [2.24, 2.45) is 18.7 Å². The number of hydrogen-bond acceptors (Lipinski definition) is 3. The number of halogens is 1. The molecule has 2 rings (SSSR count). The van der Waals surface area contributed by atoms with Crippen molar-refractivity contribution < 1.29 is 4.79 Å². The van der Waals surface area contributed by atoms with Crippen LogP contribution in [0.25, 0.3) is 0 Å². The highest BCUT2D eigenvalue weighted by molar-refractivity contribution is 5.91. The Hall–Kier alpha value is -1.07. The zero-order chi connectivity index (χ0) is 11.5. The molecule has 3 N–H and O–H groups in total. The highest BCUT2D eigenvalue weighted by atomic mass is 35.5. The molecule has 5 nitrogen and oxygen atoms in total. The summed E-state index contributed by atoms with van der Waals surface area (Å²) in [5, 5.41) is 6.94.